The van der Waals surface area contributed by atoms with Gasteiger partial charge in [-0.25, -0.2) is 0 Å². The zero-order chi connectivity index (χ0) is 14.6. The normalized spacial score (nSPS) is 45.1. The van der Waals surface area contributed by atoms with Crippen molar-refractivity contribution in [1.82, 2.24) is 9.80 Å². The topological polar surface area (TPSA) is 23.6 Å². The van der Waals surface area contributed by atoms with Crippen molar-refractivity contribution in [3.05, 3.63) is 0 Å². The van der Waals surface area contributed by atoms with Crippen molar-refractivity contribution >= 4 is 5.91 Å². The van der Waals surface area contributed by atoms with Gasteiger partial charge in [-0.3, -0.25) is 4.79 Å². The number of hydrogen-bond donors (Lipinski definition) is 0. The van der Waals surface area contributed by atoms with Crippen LogP contribution in [0.15, 0.2) is 0 Å². The lowest BCUT2D eigenvalue weighted by atomic mass is 9.49. The number of rotatable bonds is 4. The summed E-state index contributed by atoms with van der Waals surface area (Å²) in [5.41, 5.74) is 0. The molecule has 5 aliphatic rings. The summed E-state index contributed by atoms with van der Waals surface area (Å²) < 4.78 is 0. The van der Waals surface area contributed by atoms with Gasteiger partial charge < -0.3 is 9.80 Å². The number of nitrogens with zero attached hydrogens (tertiary/aromatic N) is 2. The lowest BCUT2D eigenvalue weighted by Crippen LogP contribution is -2.49. The van der Waals surface area contributed by atoms with Gasteiger partial charge in [0.1, 0.15) is 0 Å². The minimum absolute atomic E-state index is 0.377. The molecule has 5 fully saturated rings. The number of carbonyl (C=O) groups is 1. The maximum Gasteiger partial charge on any atom is 0.226 e. The fourth-order valence-corrected chi connectivity index (χ4v) is 6.29. The zero-order valence-electron chi connectivity index (χ0n) is 13.6. The Morgan fingerprint density at radius 1 is 1.05 bits per heavy atom. The third-order valence-electron chi connectivity index (χ3n) is 6.92. The van der Waals surface area contributed by atoms with Crippen LogP contribution in [0.4, 0.5) is 0 Å². The standard InChI is InChI=1S/C18H30N2O/c1-19(2)5-6-20-4-3-16(18(20)21)17-14-8-12-7-13(10-14)11-15(17)9-12/h12-17H,3-11H2,1-2H3. The summed E-state index contributed by atoms with van der Waals surface area (Å²) in [6.07, 6.45) is 8.42. The molecule has 0 spiro atoms. The third-order valence-corrected chi connectivity index (χ3v) is 6.92. The molecule has 1 heterocycles. The molecule has 4 aliphatic carbocycles. The molecule has 5 rings (SSSR count). The van der Waals surface area contributed by atoms with Gasteiger partial charge in [-0.2, -0.15) is 0 Å². The number of carbonyl (C=O) groups excluding carboxylic acids is 1. The molecule has 3 nitrogen and oxygen atoms in total. The molecule has 0 aromatic heterocycles. The van der Waals surface area contributed by atoms with Gasteiger partial charge >= 0.3 is 0 Å². The molecule has 1 saturated heterocycles. The van der Waals surface area contributed by atoms with E-state index in [2.05, 4.69) is 23.9 Å². The van der Waals surface area contributed by atoms with Crippen molar-refractivity contribution in [3.8, 4) is 0 Å². The highest BCUT2D eigenvalue weighted by Crippen LogP contribution is 2.59. The van der Waals surface area contributed by atoms with E-state index in [-0.39, 0.29) is 0 Å². The molecule has 4 saturated carbocycles. The lowest BCUT2D eigenvalue weighted by Gasteiger charge is -2.55. The second-order valence-electron chi connectivity index (χ2n) is 8.53. The second-order valence-corrected chi connectivity index (χ2v) is 8.53. The Morgan fingerprint density at radius 3 is 2.24 bits per heavy atom. The van der Waals surface area contributed by atoms with Crippen LogP contribution in [0.25, 0.3) is 0 Å². The minimum atomic E-state index is 0.377. The maximum absolute atomic E-state index is 12.8. The largest absolute Gasteiger partial charge is 0.341 e. The highest BCUT2D eigenvalue weighted by atomic mass is 16.2. The Balaban J connectivity index is 1.44. The predicted octanol–water partition coefficient (Wildman–Crippen LogP) is 2.47. The van der Waals surface area contributed by atoms with Crippen LogP contribution >= 0.6 is 0 Å². The lowest BCUT2D eigenvalue weighted by molar-refractivity contribution is -0.138. The maximum atomic E-state index is 12.8. The molecule has 118 valence electrons. The van der Waals surface area contributed by atoms with Gasteiger partial charge in [0, 0.05) is 25.6 Å². The molecular formula is C18H30N2O. The highest BCUT2D eigenvalue weighted by molar-refractivity contribution is 5.81. The average Bonchev–Trinajstić information content (AvgIpc) is 2.77. The molecule has 4 bridgehead atoms. The van der Waals surface area contributed by atoms with E-state index >= 15 is 0 Å². The first-order valence-electron chi connectivity index (χ1n) is 9.05. The van der Waals surface area contributed by atoms with Gasteiger partial charge in [-0.15, -0.1) is 0 Å². The first-order valence-corrected chi connectivity index (χ1v) is 9.05. The van der Waals surface area contributed by atoms with Crippen LogP contribution in [0.3, 0.4) is 0 Å². The van der Waals surface area contributed by atoms with E-state index in [4.69, 9.17) is 0 Å². The Bertz CT molecular complexity index is 391. The van der Waals surface area contributed by atoms with E-state index in [1.807, 2.05) is 0 Å². The van der Waals surface area contributed by atoms with Crippen LogP contribution in [0.1, 0.15) is 38.5 Å². The smallest absolute Gasteiger partial charge is 0.226 e. The first kappa shape index (κ1) is 14.0. The molecular weight excluding hydrogens is 260 g/mol. The van der Waals surface area contributed by atoms with Crippen LogP contribution in [0, 0.1) is 35.5 Å². The van der Waals surface area contributed by atoms with Crippen LogP contribution in [0.5, 0.6) is 0 Å². The summed E-state index contributed by atoms with van der Waals surface area (Å²) >= 11 is 0. The molecule has 21 heavy (non-hydrogen) atoms. The van der Waals surface area contributed by atoms with Gasteiger partial charge in [-0.05, 0) is 82.2 Å². The van der Waals surface area contributed by atoms with E-state index in [0.29, 0.717) is 11.8 Å². The summed E-state index contributed by atoms with van der Waals surface area (Å²) in [6, 6.07) is 0. The van der Waals surface area contributed by atoms with Gasteiger partial charge in [0.15, 0.2) is 0 Å². The van der Waals surface area contributed by atoms with Crippen molar-refractivity contribution in [2.45, 2.75) is 38.5 Å². The fourth-order valence-electron chi connectivity index (χ4n) is 6.29. The van der Waals surface area contributed by atoms with Crippen molar-refractivity contribution in [2.75, 3.05) is 33.7 Å². The Kier molecular flexibility index (Phi) is 3.52. The first-order chi connectivity index (χ1) is 10.1. The fraction of sp³-hybridized carbons (Fsp3) is 0.944. The third kappa shape index (κ3) is 2.42. The van der Waals surface area contributed by atoms with Crippen LogP contribution in [-0.2, 0) is 4.79 Å². The number of likely N-dealkylation sites (tertiary alicyclic amines) is 1. The molecule has 1 aliphatic heterocycles. The van der Waals surface area contributed by atoms with E-state index in [0.717, 1.165) is 55.6 Å². The Hall–Kier alpha value is -0.570. The molecule has 1 amide bonds. The van der Waals surface area contributed by atoms with Crippen LogP contribution in [-0.4, -0.2) is 49.4 Å². The SMILES string of the molecule is CN(C)CCN1CCC(C2C3CC4CC(C3)CC2C4)C1=O. The predicted molar refractivity (Wildman–Crippen MR) is 83.8 cm³/mol. The Morgan fingerprint density at radius 2 is 1.67 bits per heavy atom. The van der Waals surface area contributed by atoms with Gasteiger partial charge in [0.25, 0.3) is 0 Å². The number of hydrogen-bond acceptors (Lipinski definition) is 2. The van der Waals surface area contributed by atoms with Gasteiger partial charge in [0.2, 0.25) is 5.91 Å². The van der Waals surface area contributed by atoms with Crippen molar-refractivity contribution in [1.29, 1.82) is 0 Å². The summed E-state index contributed by atoms with van der Waals surface area (Å²) in [5.74, 6) is 5.44. The molecule has 3 heteroatoms. The number of amides is 1. The molecule has 1 unspecified atom stereocenters. The molecule has 0 N–H and O–H groups in total. The average molecular weight is 290 g/mol. The second kappa shape index (κ2) is 5.26. The minimum Gasteiger partial charge on any atom is -0.341 e. The van der Waals surface area contributed by atoms with Gasteiger partial charge in [-0.1, -0.05) is 0 Å². The molecule has 1 atom stereocenters. The summed E-state index contributed by atoms with van der Waals surface area (Å²) in [7, 11) is 4.19. The van der Waals surface area contributed by atoms with E-state index in [1.165, 1.54) is 32.1 Å². The number of likely N-dealkylation sites (N-methyl/N-ethyl adjacent to an activating group) is 1. The quantitative estimate of drug-likeness (QED) is 0.794. The van der Waals surface area contributed by atoms with Crippen molar-refractivity contribution in [2.24, 2.45) is 35.5 Å². The van der Waals surface area contributed by atoms with E-state index < -0.39 is 0 Å². The molecule has 0 aromatic carbocycles. The van der Waals surface area contributed by atoms with Crippen LogP contribution < -0.4 is 0 Å². The van der Waals surface area contributed by atoms with Crippen molar-refractivity contribution in [3.63, 3.8) is 0 Å². The van der Waals surface area contributed by atoms with Crippen LogP contribution in [0.2, 0.25) is 0 Å². The molecule has 0 radical (unpaired) electrons. The van der Waals surface area contributed by atoms with E-state index in [9.17, 15) is 4.79 Å². The van der Waals surface area contributed by atoms with Gasteiger partial charge in [0.05, 0.1) is 0 Å². The molecule has 0 aromatic rings. The zero-order valence-corrected chi connectivity index (χ0v) is 13.6. The van der Waals surface area contributed by atoms with Crippen molar-refractivity contribution < 1.29 is 4.79 Å². The summed E-state index contributed by atoms with van der Waals surface area (Å²) in [4.78, 5) is 17.2. The highest BCUT2D eigenvalue weighted by Gasteiger charge is 2.53. The summed E-state index contributed by atoms with van der Waals surface area (Å²) in [5, 5.41) is 0. The monoisotopic (exact) mass is 290 g/mol. The van der Waals surface area contributed by atoms with E-state index in [1.54, 1.807) is 0 Å². The summed E-state index contributed by atoms with van der Waals surface area (Å²) in [6.45, 7) is 2.94. The Labute approximate surface area is 129 Å².